The van der Waals surface area contributed by atoms with Crippen molar-refractivity contribution < 1.29 is 14.3 Å². The maximum Gasteiger partial charge on any atom is 0.248 e. The van der Waals surface area contributed by atoms with Crippen LogP contribution in [0.4, 0.5) is 5.69 Å². The summed E-state index contributed by atoms with van der Waals surface area (Å²) in [6, 6.07) is 9.14. The molecule has 1 amide bonds. The van der Waals surface area contributed by atoms with Crippen LogP contribution in [0, 0.1) is 0 Å². The Bertz CT molecular complexity index is 724. The van der Waals surface area contributed by atoms with Gasteiger partial charge in [-0.3, -0.25) is 9.78 Å². The van der Waals surface area contributed by atoms with E-state index >= 15 is 0 Å². The fourth-order valence-electron chi connectivity index (χ4n) is 1.95. The third-order valence-electron chi connectivity index (χ3n) is 2.99. The van der Waals surface area contributed by atoms with Gasteiger partial charge in [0.2, 0.25) is 12.7 Å². The fraction of sp³-hybridized carbons (Fsp3) is 0.0588. The second kappa shape index (κ2) is 6.58. The molecule has 110 valence electrons. The maximum atomic E-state index is 11.7. The summed E-state index contributed by atoms with van der Waals surface area (Å²) in [5.41, 5.74) is 1.69. The number of pyridine rings is 1. The standard InChI is InChI=1S/C17H14N2O3/c20-17(19-14-7-9-18-10-8-14)4-2-1-3-13-5-6-15-16(11-13)22-12-21-15/h1-11H,12H2,(H,18,19,20). The highest BCUT2D eigenvalue weighted by Crippen LogP contribution is 2.32. The predicted octanol–water partition coefficient (Wildman–Crippen LogP) is 3.02. The minimum Gasteiger partial charge on any atom is -0.454 e. The molecular formula is C17H14N2O3. The molecule has 2 heterocycles. The number of benzene rings is 1. The number of rotatable bonds is 4. The molecule has 3 rings (SSSR count). The molecule has 5 heteroatoms. The van der Waals surface area contributed by atoms with Crippen LogP contribution in [0.5, 0.6) is 11.5 Å². The first-order valence-corrected chi connectivity index (χ1v) is 6.77. The second-order valence-electron chi connectivity index (χ2n) is 4.56. The third-order valence-corrected chi connectivity index (χ3v) is 2.99. The summed E-state index contributed by atoms with van der Waals surface area (Å²) in [6.45, 7) is 0.261. The Morgan fingerprint density at radius 2 is 1.91 bits per heavy atom. The number of hydrogen-bond acceptors (Lipinski definition) is 4. The number of aromatic nitrogens is 1. The summed E-state index contributed by atoms with van der Waals surface area (Å²) in [7, 11) is 0. The Hall–Kier alpha value is -3.08. The van der Waals surface area contributed by atoms with Crippen molar-refractivity contribution in [1.29, 1.82) is 0 Å². The topological polar surface area (TPSA) is 60.5 Å². The quantitative estimate of drug-likeness (QED) is 0.695. The van der Waals surface area contributed by atoms with Crippen LogP contribution in [-0.4, -0.2) is 17.7 Å². The molecule has 1 aromatic carbocycles. The Labute approximate surface area is 127 Å². The van der Waals surface area contributed by atoms with Crippen molar-refractivity contribution in [2.24, 2.45) is 0 Å². The number of hydrogen-bond donors (Lipinski definition) is 1. The van der Waals surface area contributed by atoms with E-state index in [0.29, 0.717) is 5.69 Å². The Morgan fingerprint density at radius 3 is 2.77 bits per heavy atom. The lowest BCUT2D eigenvalue weighted by Gasteiger charge is -1.99. The first kappa shape index (κ1) is 13.9. The van der Waals surface area contributed by atoms with Crippen molar-refractivity contribution in [3.63, 3.8) is 0 Å². The molecule has 0 aliphatic carbocycles. The van der Waals surface area contributed by atoms with Crippen molar-refractivity contribution in [2.45, 2.75) is 0 Å². The van der Waals surface area contributed by atoms with Gasteiger partial charge in [0.25, 0.3) is 0 Å². The molecule has 0 unspecified atom stereocenters. The average molecular weight is 294 g/mol. The zero-order valence-electron chi connectivity index (χ0n) is 11.7. The predicted molar refractivity (Wildman–Crippen MR) is 83.6 cm³/mol. The highest BCUT2D eigenvalue weighted by Gasteiger charge is 2.11. The molecule has 0 spiro atoms. The van der Waals surface area contributed by atoms with Crippen LogP contribution >= 0.6 is 0 Å². The van der Waals surface area contributed by atoms with Crippen LogP contribution < -0.4 is 14.8 Å². The summed E-state index contributed by atoms with van der Waals surface area (Å²) in [5.74, 6) is 1.30. The van der Waals surface area contributed by atoms with Gasteiger partial charge >= 0.3 is 0 Å². The molecular weight excluding hydrogens is 280 g/mol. The monoisotopic (exact) mass is 294 g/mol. The number of allylic oxidation sites excluding steroid dienone is 2. The molecule has 0 atom stereocenters. The van der Waals surface area contributed by atoms with Gasteiger partial charge in [-0.25, -0.2) is 0 Å². The van der Waals surface area contributed by atoms with E-state index in [1.54, 1.807) is 36.7 Å². The summed E-state index contributed by atoms with van der Waals surface area (Å²) in [4.78, 5) is 15.6. The lowest BCUT2D eigenvalue weighted by molar-refractivity contribution is -0.111. The van der Waals surface area contributed by atoms with E-state index in [1.807, 2.05) is 24.3 Å². The van der Waals surface area contributed by atoms with E-state index in [-0.39, 0.29) is 12.7 Å². The van der Waals surface area contributed by atoms with Crippen LogP contribution in [0.3, 0.4) is 0 Å². The van der Waals surface area contributed by atoms with Gasteiger partial charge < -0.3 is 14.8 Å². The van der Waals surface area contributed by atoms with E-state index in [1.165, 1.54) is 6.08 Å². The smallest absolute Gasteiger partial charge is 0.248 e. The van der Waals surface area contributed by atoms with Crippen LogP contribution in [0.1, 0.15) is 5.56 Å². The summed E-state index contributed by atoms with van der Waals surface area (Å²) in [5, 5.41) is 2.74. The number of ether oxygens (including phenoxy) is 2. The van der Waals surface area contributed by atoms with Gasteiger partial charge in [-0.2, -0.15) is 0 Å². The number of amides is 1. The van der Waals surface area contributed by atoms with Crippen LogP contribution in [-0.2, 0) is 4.79 Å². The SMILES string of the molecule is O=C(C=CC=Cc1ccc2c(c1)OCO2)Nc1ccncc1. The zero-order chi connectivity index (χ0) is 15.2. The minimum absolute atomic E-state index is 0.193. The van der Waals surface area contributed by atoms with E-state index in [2.05, 4.69) is 10.3 Å². The van der Waals surface area contributed by atoms with Gasteiger partial charge in [0.15, 0.2) is 11.5 Å². The maximum absolute atomic E-state index is 11.7. The lowest BCUT2D eigenvalue weighted by Crippen LogP contribution is -2.07. The van der Waals surface area contributed by atoms with Crippen LogP contribution in [0.25, 0.3) is 6.08 Å². The van der Waals surface area contributed by atoms with Gasteiger partial charge in [-0.05, 0) is 29.8 Å². The molecule has 1 aliphatic rings. The van der Waals surface area contributed by atoms with Gasteiger partial charge in [0, 0.05) is 24.2 Å². The third kappa shape index (κ3) is 3.52. The van der Waals surface area contributed by atoms with Crippen molar-refractivity contribution in [2.75, 3.05) is 12.1 Å². The normalized spacial score (nSPS) is 12.9. The minimum atomic E-state index is -0.193. The lowest BCUT2D eigenvalue weighted by atomic mass is 10.2. The number of anilines is 1. The fourth-order valence-corrected chi connectivity index (χ4v) is 1.95. The van der Waals surface area contributed by atoms with Crippen molar-refractivity contribution >= 4 is 17.7 Å². The Balaban J connectivity index is 1.56. The van der Waals surface area contributed by atoms with Gasteiger partial charge in [-0.15, -0.1) is 0 Å². The van der Waals surface area contributed by atoms with Gasteiger partial charge in [0.1, 0.15) is 0 Å². The molecule has 1 N–H and O–H groups in total. The molecule has 1 aliphatic heterocycles. The molecule has 0 saturated carbocycles. The highest BCUT2D eigenvalue weighted by molar-refractivity contribution is 5.99. The van der Waals surface area contributed by atoms with E-state index in [9.17, 15) is 4.79 Å². The second-order valence-corrected chi connectivity index (χ2v) is 4.56. The molecule has 22 heavy (non-hydrogen) atoms. The molecule has 1 aromatic heterocycles. The largest absolute Gasteiger partial charge is 0.454 e. The number of carbonyl (C=O) groups excluding carboxylic acids is 1. The molecule has 0 saturated heterocycles. The van der Waals surface area contributed by atoms with Crippen molar-refractivity contribution in [1.82, 2.24) is 4.98 Å². The molecule has 0 fully saturated rings. The summed E-state index contributed by atoms with van der Waals surface area (Å²) < 4.78 is 10.6. The van der Waals surface area contributed by atoms with Crippen LogP contribution in [0.15, 0.2) is 61.0 Å². The van der Waals surface area contributed by atoms with E-state index in [4.69, 9.17) is 9.47 Å². The Kier molecular flexibility index (Phi) is 4.15. The van der Waals surface area contributed by atoms with E-state index < -0.39 is 0 Å². The number of nitrogens with zero attached hydrogens (tertiary/aromatic N) is 1. The van der Waals surface area contributed by atoms with E-state index in [0.717, 1.165) is 17.1 Å². The van der Waals surface area contributed by atoms with Gasteiger partial charge in [0.05, 0.1) is 0 Å². The zero-order valence-corrected chi connectivity index (χ0v) is 11.7. The highest BCUT2D eigenvalue weighted by atomic mass is 16.7. The molecule has 0 radical (unpaired) electrons. The number of nitrogens with one attached hydrogen (secondary N) is 1. The molecule has 5 nitrogen and oxygen atoms in total. The summed E-state index contributed by atoms with van der Waals surface area (Å²) >= 11 is 0. The van der Waals surface area contributed by atoms with Gasteiger partial charge in [-0.1, -0.05) is 24.3 Å². The number of fused-ring (bicyclic) bond motifs is 1. The first-order valence-electron chi connectivity index (χ1n) is 6.77. The van der Waals surface area contributed by atoms with Crippen molar-refractivity contribution in [3.05, 3.63) is 66.5 Å². The molecule has 2 aromatic rings. The van der Waals surface area contributed by atoms with Crippen molar-refractivity contribution in [3.8, 4) is 11.5 Å². The Morgan fingerprint density at radius 1 is 1.09 bits per heavy atom. The molecule has 0 bridgehead atoms. The number of carbonyl (C=O) groups is 1. The average Bonchev–Trinajstić information content (AvgIpc) is 3.00. The first-order chi connectivity index (χ1) is 10.8. The van der Waals surface area contributed by atoms with Crippen LogP contribution in [0.2, 0.25) is 0 Å². The summed E-state index contributed by atoms with van der Waals surface area (Å²) in [6.07, 6.45) is 10.1.